The molecule has 3 aromatic heterocycles. The first kappa shape index (κ1) is 19.3. The summed E-state index contributed by atoms with van der Waals surface area (Å²) in [6, 6.07) is 0. The second-order valence-corrected chi connectivity index (χ2v) is 10.2. The van der Waals surface area contributed by atoms with Crippen LogP contribution in [0.4, 0.5) is 5.82 Å². The molecule has 28 heavy (non-hydrogen) atoms. The van der Waals surface area contributed by atoms with Gasteiger partial charge in [0.25, 0.3) is 0 Å². The molecule has 0 N–H and O–H groups in total. The van der Waals surface area contributed by atoms with Crippen LogP contribution in [0.2, 0.25) is 0 Å². The zero-order valence-corrected chi connectivity index (χ0v) is 18.2. The summed E-state index contributed by atoms with van der Waals surface area (Å²) >= 11 is 1.68. The molecule has 0 atom stereocenters. The first-order valence-electron chi connectivity index (χ1n) is 9.12. The van der Waals surface area contributed by atoms with Gasteiger partial charge in [0.2, 0.25) is 10.0 Å². The summed E-state index contributed by atoms with van der Waals surface area (Å²) in [4.78, 5) is 13.8. The molecule has 10 heteroatoms. The fourth-order valence-corrected chi connectivity index (χ4v) is 6.46. The molecule has 0 saturated carbocycles. The van der Waals surface area contributed by atoms with E-state index in [1.807, 2.05) is 6.92 Å². The normalized spacial score (nSPS) is 16.2. The minimum atomic E-state index is -3.62. The summed E-state index contributed by atoms with van der Waals surface area (Å²) in [6.45, 7) is 11.3. The van der Waals surface area contributed by atoms with Crippen LogP contribution in [0.5, 0.6) is 0 Å². The van der Waals surface area contributed by atoms with Gasteiger partial charge >= 0.3 is 0 Å². The van der Waals surface area contributed by atoms with Crippen LogP contribution in [0.25, 0.3) is 10.2 Å². The van der Waals surface area contributed by atoms with Gasteiger partial charge in [0.15, 0.2) is 5.76 Å². The molecule has 3 aromatic rings. The van der Waals surface area contributed by atoms with Crippen molar-refractivity contribution in [2.24, 2.45) is 0 Å². The summed E-state index contributed by atoms with van der Waals surface area (Å²) in [5, 5.41) is 4.87. The van der Waals surface area contributed by atoms with Gasteiger partial charge in [0.05, 0.1) is 5.39 Å². The van der Waals surface area contributed by atoms with E-state index in [0.717, 1.165) is 21.9 Å². The molecule has 0 aliphatic carbocycles. The largest absolute Gasteiger partial charge is 0.360 e. The van der Waals surface area contributed by atoms with Crippen molar-refractivity contribution < 1.29 is 12.9 Å². The monoisotopic (exact) mass is 421 g/mol. The minimum Gasteiger partial charge on any atom is -0.360 e. The summed E-state index contributed by atoms with van der Waals surface area (Å²) < 4.78 is 32.6. The average Bonchev–Trinajstić information content (AvgIpc) is 3.13. The van der Waals surface area contributed by atoms with Gasteiger partial charge in [0, 0.05) is 31.1 Å². The highest BCUT2D eigenvalue weighted by atomic mass is 32.2. The zero-order valence-electron chi connectivity index (χ0n) is 16.6. The van der Waals surface area contributed by atoms with Gasteiger partial charge in [-0.3, -0.25) is 0 Å². The number of thiophene rings is 1. The Morgan fingerprint density at radius 2 is 1.68 bits per heavy atom. The summed E-state index contributed by atoms with van der Waals surface area (Å²) in [5.74, 6) is 1.96. The molecule has 0 amide bonds. The van der Waals surface area contributed by atoms with Gasteiger partial charge in [-0.25, -0.2) is 18.4 Å². The number of hydrogen-bond donors (Lipinski definition) is 0. The van der Waals surface area contributed by atoms with Gasteiger partial charge in [-0.15, -0.1) is 11.3 Å². The number of fused-ring (bicyclic) bond motifs is 1. The van der Waals surface area contributed by atoms with Crippen LogP contribution in [0.15, 0.2) is 9.42 Å². The molecule has 0 unspecified atom stereocenters. The van der Waals surface area contributed by atoms with Gasteiger partial charge in [-0.05, 0) is 40.2 Å². The zero-order chi connectivity index (χ0) is 20.2. The summed E-state index contributed by atoms with van der Waals surface area (Å²) in [6.07, 6.45) is 0. The van der Waals surface area contributed by atoms with Gasteiger partial charge < -0.3 is 9.42 Å². The van der Waals surface area contributed by atoms with Crippen molar-refractivity contribution in [2.45, 2.75) is 39.5 Å². The smallest absolute Gasteiger partial charge is 0.248 e. The van der Waals surface area contributed by atoms with E-state index in [9.17, 15) is 8.42 Å². The third kappa shape index (κ3) is 2.99. The maximum atomic E-state index is 13.0. The van der Waals surface area contributed by atoms with Gasteiger partial charge in [0.1, 0.15) is 27.1 Å². The molecular weight excluding hydrogens is 398 g/mol. The van der Waals surface area contributed by atoms with Crippen molar-refractivity contribution >= 4 is 37.4 Å². The molecule has 0 aromatic carbocycles. The average molecular weight is 422 g/mol. The highest BCUT2D eigenvalue weighted by Gasteiger charge is 2.34. The number of aryl methyl sites for hydroxylation is 5. The Labute approximate surface area is 168 Å². The number of aromatic nitrogens is 3. The Morgan fingerprint density at radius 1 is 1.00 bits per heavy atom. The third-order valence-electron chi connectivity index (χ3n) is 5.23. The Morgan fingerprint density at radius 3 is 2.29 bits per heavy atom. The number of nitrogens with zero attached hydrogens (tertiary/aromatic N) is 5. The number of anilines is 1. The van der Waals surface area contributed by atoms with Crippen LogP contribution in [0, 0.1) is 34.6 Å². The molecular formula is C18H23N5O3S2. The van der Waals surface area contributed by atoms with Crippen LogP contribution in [-0.4, -0.2) is 54.0 Å². The van der Waals surface area contributed by atoms with Crippen LogP contribution in [0.3, 0.4) is 0 Å². The van der Waals surface area contributed by atoms with E-state index >= 15 is 0 Å². The quantitative estimate of drug-likeness (QED) is 0.642. The van der Waals surface area contributed by atoms with Crippen LogP contribution in [-0.2, 0) is 10.0 Å². The molecule has 1 aliphatic heterocycles. The maximum Gasteiger partial charge on any atom is 0.248 e. The third-order valence-corrected chi connectivity index (χ3v) is 8.47. The van der Waals surface area contributed by atoms with Crippen molar-refractivity contribution in [3.05, 3.63) is 27.7 Å². The van der Waals surface area contributed by atoms with E-state index in [1.165, 1.54) is 14.7 Å². The van der Waals surface area contributed by atoms with Crippen LogP contribution >= 0.6 is 11.3 Å². The molecule has 0 radical (unpaired) electrons. The first-order chi connectivity index (χ1) is 13.2. The van der Waals surface area contributed by atoms with Gasteiger partial charge in [-0.1, -0.05) is 5.16 Å². The molecule has 4 rings (SSSR count). The number of sulfonamides is 1. The number of rotatable bonds is 3. The van der Waals surface area contributed by atoms with Gasteiger partial charge in [-0.2, -0.15) is 4.31 Å². The predicted octanol–water partition coefficient (Wildman–Crippen LogP) is 2.73. The first-order valence-corrected chi connectivity index (χ1v) is 11.4. The van der Waals surface area contributed by atoms with E-state index in [4.69, 9.17) is 9.51 Å². The summed E-state index contributed by atoms with van der Waals surface area (Å²) in [5.41, 5.74) is 1.60. The number of piperazine rings is 1. The Balaban J connectivity index is 1.63. The predicted molar refractivity (Wildman–Crippen MR) is 109 cm³/mol. The van der Waals surface area contributed by atoms with Crippen LogP contribution < -0.4 is 4.90 Å². The molecule has 1 fully saturated rings. The van der Waals surface area contributed by atoms with E-state index in [2.05, 4.69) is 28.9 Å². The van der Waals surface area contributed by atoms with E-state index in [0.29, 0.717) is 37.6 Å². The molecule has 4 heterocycles. The van der Waals surface area contributed by atoms with Crippen molar-refractivity contribution in [1.29, 1.82) is 0 Å². The molecule has 150 valence electrons. The Kier molecular flexibility index (Phi) is 4.67. The lowest BCUT2D eigenvalue weighted by Crippen LogP contribution is -2.49. The molecule has 8 nitrogen and oxygen atoms in total. The fraction of sp³-hybridized carbons (Fsp3) is 0.500. The lowest BCUT2D eigenvalue weighted by Gasteiger charge is -2.35. The Hall–Kier alpha value is -2.04. The lowest BCUT2D eigenvalue weighted by atomic mass is 10.2. The SMILES string of the molecule is Cc1nc(N2CCN(S(=O)(=O)c3c(C)noc3C)CC2)c2c(C)c(C)sc2n1. The molecule has 1 aliphatic rings. The highest BCUT2D eigenvalue weighted by Crippen LogP contribution is 2.35. The molecule has 0 spiro atoms. The highest BCUT2D eigenvalue weighted by molar-refractivity contribution is 7.89. The number of hydrogen-bond acceptors (Lipinski definition) is 8. The summed E-state index contributed by atoms with van der Waals surface area (Å²) in [7, 11) is -3.62. The molecule has 1 saturated heterocycles. The van der Waals surface area contributed by atoms with Crippen molar-refractivity contribution in [1.82, 2.24) is 19.4 Å². The molecule has 0 bridgehead atoms. The second kappa shape index (κ2) is 6.78. The lowest BCUT2D eigenvalue weighted by molar-refractivity contribution is 0.378. The van der Waals surface area contributed by atoms with E-state index in [1.54, 1.807) is 25.2 Å². The van der Waals surface area contributed by atoms with Crippen molar-refractivity contribution in [3.8, 4) is 0 Å². The maximum absolute atomic E-state index is 13.0. The van der Waals surface area contributed by atoms with Crippen molar-refractivity contribution in [2.75, 3.05) is 31.1 Å². The van der Waals surface area contributed by atoms with Crippen LogP contribution in [0.1, 0.15) is 27.7 Å². The second-order valence-electron chi connectivity index (χ2n) is 7.10. The fourth-order valence-electron chi connectivity index (χ4n) is 3.67. The van der Waals surface area contributed by atoms with E-state index in [-0.39, 0.29) is 4.90 Å². The standard InChI is InChI=1S/C18H23N5O3S2/c1-10-13(4)27-18-15(10)17(19-14(5)20-18)22-6-8-23(9-7-22)28(24,25)16-11(2)21-26-12(16)3/h6-9H2,1-5H3. The Bertz CT molecular complexity index is 1140. The topological polar surface area (TPSA) is 92.4 Å². The van der Waals surface area contributed by atoms with E-state index < -0.39 is 10.0 Å². The minimum absolute atomic E-state index is 0.186. The van der Waals surface area contributed by atoms with Crippen molar-refractivity contribution in [3.63, 3.8) is 0 Å².